The molecule has 0 spiro atoms. The summed E-state index contributed by atoms with van der Waals surface area (Å²) < 4.78 is 0. The van der Waals surface area contributed by atoms with E-state index < -0.39 is 0 Å². The third-order valence-corrected chi connectivity index (χ3v) is 3.27. The van der Waals surface area contributed by atoms with Crippen LogP contribution in [0, 0.1) is 12.3 Å². The molecule has 1 aromatic rings. The molecule has 0 unspecified atom stereocenters. The first kappa shape index (κ1) is 15.4. The second kappa shape index (κ2) is 6.02. The lowest BCUT2D eigenvalue weighted by Crippen LogP contribution is -2.14. The van der Waals surface area contributed by atoms with E-state index in [1.807, 2.05) is 26.0 Å². The fraction of sp³-hybridized carbons (Fsp3) is 0.438. The molecule has 0 aliphatic heterocycles. The number of rotatable bonds is 3. The van der Waals surface area contributed by atoms with Crippen LogP contribution in [0.3, 0.4) is 0 Å². The fourth-order valence-corrected chi connectivity index (χ4v) is 1.48. The maximum atomic E-state index is 12.0. The van der Waals surface area contributed by atoms with Crippen molar-refractivity contribution in [2.75, 3.05) is 5.32 Å². The number of hydrogen-bond donors (Lipinski definition) is 2. The Hall–Kier alpha value is -1.61. The van der Waals surface area contributed by atoms with Gasteiger partial charge in [-0.15, -0.1) is 0 Å². The van der Waals surface area contributed by atoms with Gasteiger partial charge in [-0.2, -0.15) is 0 Å². The number of aliphatic hydroxyl groups excluding tert-OH is 1. The summed E-state index contributed by atoms with van der Waals surface area (Å²) >= 11 is 0. The van der Waals surface area contributed by atoms with Crippen molar-refractivity contribution in [3.63, 3.8) is 0 Å². The van der Waals surface area contributed by atoms with Crippen molar-refractivity contribution in [3.8, 4) is 0 Å². The second-order valence-electron chi connectivity index (χ2n) is 5.87. The molecule has 1 aromatic carbocycles. The quantitative estimate of drug-likeness (QED) is 0.819. The minimum atomic E-state index is -0.134. The van der Waals surface area contributed by atoms with Gasteiger partial charge in [0.15, 0.2) is 0 Å². The van der Waals surface area contributed by atoms with Crippen molar-refractivity contribution in [1.29, 1.82) is 0 Å². The van der Waals surface area contributed by atoms with Crippen LogP contribution in [0.2, 0.25) is 0 Å². The van der Waals surface area contributed by atoms with E-state index in [1.54, 1.807) is 12.1 Å². The van der Waals surface area contributed by atoms with Crippen LogP contribution in [-0.2, 0) is 11.4 Å². The first-order valence-electron chi connectivity index (χ1n) is 6.44. The zero-order valence-electron chi connectivity index (χ0n) is 12.4. The fourth-order valence-electron chi connectivity index (χ4n) is 1.48. The van der Waals surface area contributed by atoms with Crippen molar-refractivity contribution in [2.45, 2.75) is 41.2 Å². The molecule has 3 nitrogen and oxygen atoms in total. The highest BCUT2D eigenvalue weighted by Gasteiger charge is 2.14. The molecule has 2 N–H and O–H groups in total. The number of hydrogen-bond acceptors (Lipinski definition) is 2. The number of nitrogens with one attached hydrogen (secondary N) is 1. The van der Waals surface area contributed by atoms with Crippen LogP contribution in [0.1, 0.15) is 38.8 Å². The lowest BCUT2D eigenvalue weighted by atomic mass is 9.87. The Balaban J connectivity index is 2.89. The van der Waals surface area contributed by atoms with Crippen LogP contribution in [0.25, 0.3) is 0 Å². The van der Waals surface area contributed by atoms with Crippen LogP contribution in [-0.4, -0.2) is 11.0 Å². The lowest BCUT2D eigenvalue weighted by Gasteiger charge is -2.19. The molecule has 0 radical (unpaired) electrons. The van der Waals surface area contributed by atoms with Gasteiger partial charge in [-0.1, -0.05) is 38.5 Å². The molecule has 0 aromatic heterocycles. The minimum Gasteiger partial charge on any atom is -0.392 e. The Morgan fingerprint density at radius 3 is 2.53 bits per heavy atom. The average molecular weight is 261 g/mol. The number of amides is 1. The molecule has 0 atom stereocenters. The molecule has 1 amide bonds. The van der Waals surface area contributed by atoms with Gasteiger partial charge in [-0.25, -0.2) is 0 Å². The number of allylic oxidation sites excluding steroid dienone is 1. The Morgan fingerprint density at radius 2 is 2.00 bits per heavy atom. The van der Waals surface area contributed by atoms with Gasteiger partial charge in [0, 0.05) is 11.8 Å². The topological polar surface area (TPSA) is 49.3 Å². The van der Waals surface area contributed by atoms with Crippen LogP contribution < -0.4 is 5.32 Å². The second-order valence-corrected chi connectivity index (χ2v) is 5.87. The first-order valence-corrected chi connectivity index (χ1v) is 6.44. The van der Waals surface area contributed by atoms with Gasteiger partial charge in [0.25, 0.3) is 0 Å². The summed E-state index contributed by atoms with van der Waals surface area (Å²) in [5, 5.41) is 12.0. The van der Waals surface area contributed by atoms with Crippen LogP contribution >= 0.6 is 0 Å². The number of carbonyl (C=O) groups is 1. The third kappa shape index (κ3) is 4.52. The van der Waals surface area contributed by atoms with Gasteiger partial charge in [0.05, 0.1) is 6.61 Å². The van der Waals surface area contributed by atoms with Crippen LogP contribution in [0.4, 0.5) is 5.69 Å². The zero-order valence-corrected chi connectivity index (χ0v) is 12.4. The highest BCUT2D eigenvalue weighted by Crippen LogP contribution is 2.24. The van der Waals surface area contributed by atoms with Crippen molar-refractivity contribution < 1.29 is 9.90 Å². The molecule has 104 valence electrons. The number of anilines is 1. The Morgan fingerprint density at radius 1 is 1.37 bits per heavy atom. The summed E-state index contributed by atoms with van der Waals surface area (Å²) in [7, 11) is 0. The standard InChI is InChI=1S/C16H23NO2/c1-11-6-7-13(10-18)9-14(11)17-15(19)8-12(2)16(3,4)5/h6-9,18H,10H2,1-5H3,(H,17,19)/b12-8-. The summed E-state index contributed by atoms with van der Waals surface area (Å²) in [6, 6.07) is 5.54. The van der Waals surface area contributed by atoms with Gasteiger partial charge in [0.2, 0.25) is 5.91 Å². The van der Waals surface area contributed by atoms with E-state index in [0.717, 1.165) is 22.4 Å². The number of benzene rings is 1. The molecule has 0 aliphatic rings. The smallest absolute Gasteiger partial charge is 0.248 e. The maximum Gasteiger partial charge on any atom is 0.248 e. The Bertz CT molecular complexity index is 496. The Kier molecular flexibility index (Phi) is 4.90. The van der Waals surface area contributed by atoms with Crippen molar-refractivity contribution in [2.24, 2.45) is 5.41 Å². The normalized spacial score (nSPS) is 12.4. The predicted octanol–water partition coefficient (Wildman–Crippen LogP) is 3.42. The van der Waals surface area contributed by atoms with Crippen LogP contribution in [0.5, 0.6) is 0 Å². The molecule has 0 heterocycles. The van der Waals surface area contributed by atoms with Gasteiger partial charge in [0.1, 0.15) is 0 Å². The van der Waals surface area contributed by atoms with Crippen molar-refractivity contribution >= 4 is 11.6 Å². The number of aryl methyl sites for hydroxylation is 1. The molecule has 3 heteroatoms. The lowest BCUT2D eigenvalue weighted by molar-refractivity contribution is -0.112. The summed E-state index contributed by atoms with van der Waals surface area (Å²) in [5.74, 6) is -0.134. The summed E-state index contributed by atoms with van der Waals surface area (Å²) in [5.41, 5.74) is 3.53. The molecule has 0 saturated carbocycles. The Labute approximate surface area is 115 Å². The van der Waals surface area contributed by atoms with Crippen LogP contribution in [0.15, 0.2) is 29.8 Å². The highest BCUT2D eigenvalue weighted by molar-refractivity contribution is 6.00. The van der Waals surface area contributed by atoms with E-state index >= 15 is 0 Å². The monoisotopic (exact) mass is 261 g/mol. The van der Waals surface area contributed by atoms with E-state index in [9.17, 15) is 4.79 Å². The van der Waals surface area contributed by atoms with E-state index in [-0.39, 0.29) is 17.9 Å². The largest absolute Gasteiger partial charge is 0.392 e. The van der Waals surface area contributed by atoms with Gasteiger partial charge in [-0.05, 0) is 36.5 Å². The van der Waals surface area contributed by atoms with Gasteiger partial charge in [-0.3, -0.25) is 4.79 Å². The summed E-state index contributed by atoms with van der Waals surface area (Å²) in [6.07, 6.45) is 1.63. The minimum absolute atomic E-state index is 0.0146. The average Bonchev–Trinajstić information content (AvgIpc) is 2.30. The van der Waals surface area contributed by atoms with E-state index in [4.69, 9.17) is 5.11 Å². The van der Waals surface area contributed by atoms with E-state index in [2.05, 4.69) is 26.1 Å². The third-order valence-electron chi connectivity index (χ3n) is 3.27. The van der Waals surface area contributed by atoms with Crippen molar-refractivity contribution in [3.05, 3.63) is 41.0 Å². The molecular weight excluding hydrogens is 238 g/mol. The first-order chi connectivity index (χ1) is 8.74. The molecular formula is C16H23NO2. The molecule has 19 heavy (non-hydrogen) atoms. The maximum absolute atomic E-state index is 12.0. The number of aliphatic hydroxyl groups is 1. The summed E-state index contributed by atoms with van der Waals surface area (Å²) in [4.78, 5) is 12.0. The molecule has 1 rings (SSSR count). The predicted molar refractivity (Wildman–Crippen MR) is 78.9 cm³/mol. The zero-order chi connectivity index (χ0) is 14.6. The van der Waals surface area contributed by atoms with E-state index in [1.165, 1.54) is 0 Å². The molecule has 0 bridgehead atoms. The summed E-state index contributed by atoms with van der Waals surface area (Å²) in [6.45, 7) is 10.1. The highest BCUT2D eigenvalue weighted by atomic mass is 16.3. The van der Waals surface area contributed by atoms with E-state index in [0.29, 0.717) is 0 Å². The number of carbonyl (C=O) groups excluding carboxylic acids is 1. The molecule has 0 saturated heterocycles. The molecule has 0 aliphatic carbocycles. The van der Waals surface area contributed by atoms with Gasteiger partial charge < -0.3 is 10.4 Å². The molecule has 0 fully saturated rings. The van der Waals surface area contributed by atoms with Gasteiger partial charge >= 0.3 is 0 Å². The SMILES string of the molecule is C/C(=C/C(=O)Nc1cc(CO)ccc1C)C(C)(C)C. The van der Waals surface area contributed by atoms with Crippen molar-refractivity contribution in [1.82, 2.24) is 0 Å².